The Kier molecular flexibility index (Phi) is 11.3. The maximum absolute atomic E-state index is 5.87. The third-order valence-corrected chi connectivity index (χ3v) is 4.32. The molecule has 2 N–H and O–H groups in total. The fourth-order valence-electron chi connectivity index (χ4n) is 2.85. The summed E-state index contributed by atoms with van der Waals surface area (Å²) in [6.07, 6.45) is 4.42. The standard InChI is InChI=1S/C24H29N5O2.HI/c1-3-25-24(27-16-14-20-9-7-8-15-26-20)29-18-19-12-13-23(28-17-19)31-22-11-6-5-10-21(22)30-4-2;/h5-13,15,17H,3-4,14,16,18H2,1-2H3,(H2,25,27,29);1H. The molecule has 0 aliphatic carbocycles. The quantitative estimate of drug-likeness (QED) is 0.220. The summed E-state index contributed by atoms with van der Waals surface area (Å²) in [6, 6.07) is 17.3. The molecule has 8 heteroatoms. The molecule has 7 nitrogen and oxygen atoms in total. The van der Waals surface area contributed by atoms with Crippen LogP contribution in [0, 0.1) is 0 Å². The first-order valence-corrected chi connectivity index (χ1v) is 10.5. The van der Waals surface area contributed by atoms with E-state index >= 15 is 0 Å². The lowest BCUT2D eigenvalue weighted by atomic mass is 10.3. The molecule has 2 heterocycles. The van der Waals surface area contributed by atoms with Gasteiger partial charge in [0, 0.05) is 43.7 Å². The summed E-state index contributed by atoms with van der Waals surface area (Å²) >= 11 is 0. The number of hydrogen-bond donors (Lipinski definition) is 2. The zero-order valence-corrected chi connectivity index (χ0v) is 20.8. The summed E-state index contributed by atoms with van der Waals surface area (Å²) in [7, 11) is 0. The molecule has 3 rings (SSSR count). The predicted octanol–water partition coefficient (Wildman–Crippen LogP) is 4.58. The first kappa shape index (κ1) is 25.4. The summed E-state index contributed by atoms with van der Waals surface area (Å²) in [5.41, 5.74) is 2.05. The van der Waals surface area contributed by atoms with E-state index in [0.29, 0.717) is 30.5 Å². The molecule has 0 spiro atoms. The van der Waals surface area contributed by atoms with Crippen LogP contribution in [0.5, 0.6) is 17.4 Å². The number of para-hydroxylation sites is 2. The van der Waals surface area contributed by atoms with Gasteiger partial charge in [0.05, 0.1) is 13.2 Å². The molecule has 170 valence electrons. The number of benzene rings is 1. The molecule has 0 radical (unpaired) electrons. The third-order valence-electron chi connectivity index (χ3n) is 4.32. The van der Waals surface area contributed by atoms with Crippen LogP contribution in [0.4, 0.5) is 0 Å². The van der Waals surface area contributed by atoms with Gasteiger partial charge in [-0.25, -0.2) is 9.98 Å². The van der Waals surface area contributed by atoms with Crippen LogP contribution in [-0.4, -0.2) is 35.6 Å². The van der Waals surface area contributed by atoms with Crippen LogP contribution in [0.3, 0.4) is 0 Å². The van der Waals surface area contributed by atoms with Gasteiger partial charge < -0.3 is 20.1 Å². The van der Waals surface area contributed by atoms with Crippen molar-refractivity contribution in [2.75, 3.05) is 19.7 Å². The largest absolute Gasteiger partial charge is 0.490 e. The van der Waals surface area contributed by atoms with E-state index in [1.807, 2.05) is 74.6 Å². The number of pyridine rings is 2. The van der Waals surface area contributed by atoms with E-state index in [2.05, 4.69) is 25.6 Å². The summed E-state index contributed by atoms with van der Waals surface area (Å²) in [6.45, 7) is 6.63. The number of aliphatic imine (C=N–C) groups is 1. The van der Waals surface area contributed by atoms with E-state index in [1.54, 1.807) is 6.20 Å². The molecular weight excluding hydrogens is 517 g/mol. The van der Waals surface area contributed by atoms with E-state index in [-0.39, 0.29) is 24.0 Å². The second kappa shape index (κ2) is 14.2. The summed E-state index contributed by atoms with van der Waals surface area (Å²) in [5.74, 6) is 2.63. The van der Waals surface area contributed by atoms with Crippen molar-refractivity contribution in [3.05, 3.63) is 78.2 Å². The van der Waals surface area contributed by atoms with Crippen LogP contribution >= 0.6 is 24.0 Å². The van der Waals surface area contributed by atoms with Gasteiger partial charge in [-0.3, -0.25) is 4.98 Å². The van der Waals surface area contributed by atoms with Gasteiger partial charge in [-0.15, -0.1) is 24.0 Å². The maximum Gasteiger partial charge on any atom is 0.219 e. The van der Waals surface area contributed by atoms with Gasteiger partial charge >= 0.3 is 0 Å². The lowest BCUT2D eigenvalue weighted by Crippen LogP contribution is -2.38. The van der Waals surface area contributed by atoms with E-state index in [0.717, 1.165) is 36.7 Å². The van der Waals surface area contributed by atoms with Crippen molar-refractivity contribution in [1.82, 2.24) is 20.6 Å². The highest BCUT2D eigenvalue weighted by atomic mass is 127. The van der Waals surface area contributed by atoms with E-state index in [4.69, 9.17) is 9.47 Å². The van der Waals surface area contributed by atoms with E-state index < -0.39 is 0 Å². The number of rotatable bonds is 10. The Balaban J connectivity index is 0.00000363. The number of nitrogens with zero attached hydrogens (tertiary/aromatic N) is 3. The molecule has 0 saturated carbocycles. The molecule has 0 unspecified atom stereocenters. The van der Waals surface area contributed by atoms with E-state index in [9.17, 15) is 0 Å². The SMILES string of the molecule is CCNC(=NCc1ccc(Oc2ccccc2OCC)nc1)NCCc1ccccn1.I. The smallest absolute Gasteiger partial charge is 0.219 e. The van der Waals surface area contributed by atoms with Gasteiger partial charge in [-0.2, -0.15) is 0 Å². The number of hydrogen-bond acceptors (Lipinski definition) is 5. The Morgan fingerprint density at radius 1 is 0.938 bits per heavy atom. The Hall–Kier alpha value is -2.88. The lowest BCUT2D eigenvalue weighted by Gasteiger charge is -2.12. The molecule has 32 heavy (non-hydrogen) atoms. The molecule has 0 atom stereocenters. The topological polar surface area (TPSA) is 80.7 Å². The fraction of sp³-hybridized carbons (Fsp3) is 0.292. The first-order chi connectivity index (χ1) is 15.3. The normalized spacial score (nSPS) is 10.8. The van der Waals surface area contributed by atoms with Crippen molar-refractivity contribution in [2.45, 2.75) is 26.8 Å². The molecule has 0 amide bonds. The Morgan fingerprint density at radius 3 is 2.44 bits per heavy atom. The highest BCUT2D eigenvalue weighted by Gasteiger charge is 2.06. The molecule has 0 aliphatic heterocycles. The monoisotopic (exact) mass is 547 g/mol. The second-order valence-corrected chi connectivity index (χ2v) is 6.68. The number of ether oxygens (including phenoxy) is 2. The minimum Gasteiger partial charge on any atom is -0.490 e. The van der Waals surface area contributed by atoms with Crippen molar-refractivity contribution < 1.29 is 9.47 Å². The van der Waals surface area contributed by atoms with Gasteiger partial charge in [0.1, 0.15) is 0 Å². The van der Waals surface area contributed by atoms with Crippen LogP contribution in [0.2, 0.25) is 0 Å². The van der Waals surface area contributed by atoms with Crippen LogP contribution in [0.1, 0.15) is 25.1 Å². The predicted molar refractivity (Wildman–Crippen MR) is 138 cm³/mol. The van der Waals surface area contributed by atoms with Gasteiger partial charge in [0.15, 0.2) is 17.5 Å². The Bertz CT molecular complexity index is 952. The van der Waals surface area contributed by atoms with Crippen molar-refractivity contribution in [3.8, 4) is 17.4 Å². The molecule has 0 bridgehead atoms. The molecular formula is C24H30IN5O2. The van der Waals surface area contributed by atoms with Crippen LogP contribution in [0.25, 0.3) is 0 Å². The van der Waals surface area contributed by atoms with Crippen molar-refractivity contribution in [3.63, 3.8) is 0 Å². The molecule has 2 aromatic heterocycles. The third kappa shape index (κ3) is 8.33. The molecule has 1 aromatic carbocycles. The van der Waals surface area contributed by atoms with Gasteiger partial charge in [0.2, 0.25) is 5.88 Å². The minimum atomic E-state index is 0. The van der Waals surface area contributed by atoms with Crippen LogP contribution in [-0.2, 0) is 13.0 Å². The highest BCUT2D eigenvalue weighted by Crippen LogP contribution is 2.30. The van der Waals surface area contributed by atoms with Crippen molar-refractivity contribution in [1.29, 1.82) is 0 Å². The number of guanidine groups is 1. The maximum atomic E-state index is 5.87. The average molecular weight is 547 g/mol. The van der Waals surface area contributed by atoms with Gasteiger partial charge in [0.25, 0.3) is 0 Å². The Morgan fingerprint density at radius 2 is 1.75 bits per heavy atom. The van der Waals surface area contributed by atoms with E-state index in [1.165, 1.54) is 0 Å². The summed E-state index contributed by atoms with van der Waals surface area (Å²) in [4.78, 5) is 13.4. The zero-order valence-electron chi connectivity index (χ0n) is 18.5. The van der Waals surface area contributed by atoms with Crippen molar-refractivity contribution >= 4 is 29.9 Å². The Labute approximate surface area is 206 Å². The second-order valence-electron chi connectivity index (χ2n) is 6.68. The van der Waals surface area contributed by atoms with Crippen LogP contribution < -0.4 is 20.1 Å². The summed E-state index contributed by atoms with van der Waals surface area (Å²) < 4.78 is 11.5. The van der Waals surface area contributed by atoms with Crippen LogP contribution in [0.15, 0.2) is 72.0 Å². The molecule has 3 aromatic rings. The van der Waals surface area contributed by atoms with Gasteiger partial charge in [-0.1, -0.05) is 24.3 Å². The van der Waals surface area contributed by atoms with Gasteiger partial charge in [-0.05, 0) is 43.7 Å². The molecule has 0 fully saturated rings. The fourth-order valence-corrected chi connectivity index (χ4v) is 2.85. The molecule has 0 saturated heterocycles. The number of aromatic nitrogens is 2. The average Bonchev–Trinajstić information content (AvgIpc) is 2.80. The number of halogens is 1. The van der Waals surface area contributed by atoms with Crippen molar-refractivity contribution in [2.24, 2.45) is 4.99 Å². The zero-order chi connectivity index (χ0) is 21.7. The summed E-state index contributed by atoms with van der Waals surface area (Å²) in [5, 5.41) is 6.60. The first-order valence-electron chi connectivity index (χ1n) is 10.5. The number of nitrogens with one attached hydrogen (secondary N) is 2. The highest BCUT2D eigenvalue weighted by molar-refractivity contribution is 14.0. The minimum absolute atomic E-state index is 0. The molecule has 0 aliphatic rings. The lowest BCUT2D eigenvalue weighted by molar-refractivity contribution is 0.319.